The predicted molar refractivity (Wildman–Crippen MR) is 206 cm³/mol. The molecule has 0 saturated heterocycles. The van der Waals surface area contributed by atoms with E-state index in [9.17, 15) is 14.4 Å². The Morgan fingerprint density at radius 3 is 0.510 bits per heavy atom. The standard InChI is InChI=1S/3C14H28O2.Ce/c3*1-2-3-4-5-6-7-8-9-10-11-12-13-14(15)16;/h3*2-13H2,1H3,(H,15,16);. The number of unbranched alkanes of at least 4 members (excludes halogenated alkanes) is 30. The van der Waals surface area contributed by atoms with Crippen LogP contribution >= 0.6 is 0 Å². The van der Waals surface area contributed by atoms with E-state index in [0.717, 1.165) is 38.5 Å². The second kappa shape index (κ2) is 52.1. The SMILES string of the molecule is CCCCCCCCCCCCCC(=O)O.CCCCCCCCCCCCCC(=O)O.CCCCCCCCCCCCCC(=O)O.[Ce]. The molecule has 0 heterocycles. The number of carboxylic acids is 3. The zero-order valence-electron chi connectivity index (χ0n) is 33.0. The molecule has 7 heteroatoms. The van der Waals surface area contributed by atoms with Gasteiger partial charge in [0, 0.05) is 61.0 Å². The average Bonchev–Trinajstić information content (AvgIpc) is 3.05. The summed E-state index contributed by atoms with van der Waals surface area (Å²) in [6.07, 6.45) is 43.1. The summed E-state index contributed by atoms with van der Waals surface area (Å²) in [5.41, 5.74) is 0. The van der Waals surface area contributed by atoms with Gasteiger partial charge in [-0.2, -0.15) is 0 Å². The number of carboxylic acid groups (broad SMARTS) is 3. The van der Waals surface area contributed by atoms with E-state index in [4.69, 9.17) is 15.3 Å². The third-order valence-electron chi connectivity index (χ3n) is 8.98. The first-order chi connectivity index (χ1) is 23.3. The summed E-state index contributed by atoms with van der Waals surface area (Å²) in [6, 6.07) is 0. The van der Waals surface area contributed by atoms with E-state index in [1.54, 1.807) is 0 Å². The van der Waals surface area contributed by atoms with Gasteiger partial charge in [0.2, 0.25) is 0 Å². The molecule has 0 radical (unpaired) electrons. The van der Waals surface area contributed by atoms with Crippen LogP contribution in [0.5, 0.6) is 0 Å². The van der Waals surface area contributed by atoms with Gasteiger partial charge in [0.25, 0.3) is 0 Å². The van der Waals surface area contributed by atoms with Crippen LogP contribution in [0.3, 0.4) is 0 Å². The van der Waals surface area contributed by atoms with Crippen LogP contribution in [0, 0.1) is 41.7 Å². The smallest absolute Gasteiger partial charge is 0.303 e. The van der Waals surface area contributed by atoms with E-state index in [-0.39, 0.29) is 41.7 Å². The van der Waals surface area contributed by atoms with Crippen molar-refractivity contribution >= 4 is 17.9 Å². The molecule has 0 aliphatic carbocycles. The number of hydrogen-bond donors (Lipinski definition) is 3. The minimum Gasteiger partial charge on any atom is -0.481 e. The Labute approximate surface area is 338 Å². The van der Waals surface area contributed by atoms with Crippen LogP contribution in [0.4, 0.5) is 0 Å². The fourth-order valence-corrected chi connectivity index (χ4v) is 5.82. The molecule has 0 fully saturated rings. The molecule has 0 saturated carbocycles. The summed E-state index contributed by atoms with van der Waals surface area (Å²) in [7, 11) is 0. The molecule has 0 aliphatic heterocycles. The molecule has 3 N–H and O–H groups in total. The van der Waals surface area contributed by atoms with E-state index in [0.29, 0.717) is 19.3 Å². The van der Waals surface area contributed by atoms with Gasteiger partial charge in [0.15, 0.2) is 0 Å². The fourth-order valence-electron chi connectivity index (χ4n) is 5.82. The summed E-state index contributed by atoms with van der Waals surface area (Å²) in [4.78, 5) is 30.8. The summed E-state index contributed by atoms with van der Waals surface area (Å²) in [5, 5.41) is 25.4. The van der Waals surface area contributed by atoms with Crippen LogP contribution < -0.4 is 0 Å². The van der Waals surface area contributed by atoms with Gasteiger partial charge in [-0.15, -0.1) is 0 Å². The predicted octanol–water partition coefficient (Wildman–Crippen LogP) is 14.3. The molecule has 0 unspecified atom stereocenters. The van der Waals surface area contributed by atoms with Crippen LogP contribution in [0.2, 0.25) is 0 Å². The topological polar surface area (TPSA) is 112 Å². The molecular weight excluding hydrogens is 741 g/mol. The van der Waals surface area contributed by atoms with Gasteiger partial charge in [-0.1, -0.05) is 213 Å². The molecule has 49 heavy (non-hydrogen) atoms. The summed E-state index contributed by atoms with van der Waals surface area (Å²) >= 11 is 0. The number of aliphatic carboxylic acids is 3. The second-order valence-corrected chi connectivity index (χ2v) is 14.0. The van der Waals surface area contributed by atoms with Crippen LogP contribution in [-0.4, -0.2) is 33.2 Å². The first-order valence-corrected chi connectivity index (χ1v) is 21.0. The van der Waals surface area contributed by atoms with Crippen molar-refractivity contribution in [3.8, 4) is 0 Å². The van der Waals surface area contributed by atoms with E-state index < -0.39 is 17.9 Å². The first-order valence-electron chi connectivity index (χ1n) is 21.0. The van der Waals surface area contributed by atoms with Crippen molar-refractivity contribution in [1.82, 2.24) is 0 Å². The molecule has 0 spiro atoms. The van der Waals surface area contributed by atoms with Gasteiger partial charge in [-0.05, 0) is 19.3 Å². The summed E-state index contributed by atoms with van der Waals surface area (Å²) in [6.45, 7) is 6.74. The van der Waals surface area contributed by atoms with Gasteiger partial charge in [0.1, 0.15) is 0 Å². The Balaban J connectivity index is -0.000000307. The van der Waals surface area contributed by atoms with Gasteiger partial charge in [-0.3, -0.25) is 14.4 Å². The van der Waals surface area contributed by atoms with Crippen molar-refractivity contribution < 1.29 is 71.5 Å². The van der Waals surface area contributed by atoms with Crippen molar-refractivity contribution in [3.05, 3.63) is 0 Å². The van der Waals surface area contributed by atoms with Crippen LogP contribution in [-0.2, 0) is 14.4 Å². The Morgan fingerprint density at radius 2 is 0.388 bits per heavy atom. The zero-order chi connectivity index (χ0) is 36.2. The minimum absolute atomic E-state index is 0. The van der Waals surface area contributed by atoms with Crippen LogP contribution in [0.1, 0.15) is 252 Å². The number of carbonyl (C=O) groups is 3. The third-order valence-corrected chi connectivity index (χ3v) is 8.98. The summed E-state index contributed by atoms with van der Waals surface area (Å²) < 4.78 is 0. The van der Waals surface area contributed by atoms with Gasteiger partial charge >= 0.3 is 17.9 Å². The Kier molecular flexibility index (Phi) is 59.1. The molecule has 0 aromatic rings. The maximum atomic E-state index is 10.3. The minimum atomic E-state index is -0.657. The summed E-state index contributed by atoms with van der Waals surface area (Å²) in [5.74, 6) is -1.97. The maximum absolute atomic E-state index is 10.3. The largest absolute Gasteiger partial charge is 0.481 e. The van der Waals surface area contributed by atoms with Gasteiger partial charge < -0.3 is 15.3 Å². The molecule has 0 atom stereocenters. The average molecular weight is 825 g/mol. The van der Waals surface area contributed by atoms with E-state index in [2.05, 4.69) is 20.8 Å². The normalized spacial score (nSPS) is 10.3. The molecule has 0 aromatic carbocycles. The zero-order valence-corrected chi connectivity index (χ0v) is 36.2. The van der Waals surface area contributed by atoms with Crippen LogP contribution in [0.25, 0.3) is 0 Å². The molecular formula is C42H84CeO6. The van der Waals surface area contributed by atoms with Crippen molar-refractivity contribution in [1.29, 1.82) is 0 Å². The Bertz CT molecular complexity index is 557. The molecule has 0 aliphatic rings. The maximum Gasteiger partial charge on any atom is 0.303 e. The molecule has 0 aromatic heterocycles. The molecule has 292 valence electrons. The fraction of sp³-hybridized carbons (Fsp3) is 0.929. The quantitative estimate of drug-likeness (QED) is 0.0543. The first kappa shape index (κ1) is 55.5. The van der Waals surface area contributed by atoms with Crippen LogP contribution in [0.15, 0.2) is 0 Å². The monoisotopic (exact) mass is 825 g/mol. The van der Waals surface area contributed by atoms with Crippen molar-refractivity contribution in [2.24, 2.45) is 0 Å². The number of rotatable bonds is 36. The van der Waals surface area contributed by atoms with Crippen molar-refractivity contribution in [2.75, 3.05) is 0 Å². The molecule has 0 rings (SSSR count). The Hall–Kier alpha value is -0.213. The second-order valence-electron chi connectivity index (χ2n) is 14.0. The number of hydrogen-bond acceptors (Lipinski definition) is 3. The molecule has 0 amide bonds. The van der Waals surface area contributed by atoms with E-state index >= 15 is 0 Å². The van der Waals surface area contributed by atoms with Gasteiger partial charge in [0.05, 0.1) is 0 Å². The third kappa shape index (κ3) is 66.6. The Morgan fingerprint density at radius 1 is 0.265 bits per heavy atom. The van der Waals surface area contributed by atoms with E-state index in [1.165, 1.54) is 173 Å². The van der Waals surface area contributed by atoms with Crippen molar-refractivity contribution in [2.45, 2.75) is 252 Å². The van der Waals surface area contributed by atoms with Gasteiger partial charge in [-0.25, -0.2) is 0 Å². The molecule has 0 bridgehead atoms. The molecule has 6 nitrogen and oxygen atoms in total. The van der Waals surface area contributed by atoms with E-state index in [1.807, 2.05) is 0 Å². The van der Waals surface area contributed by atoms with Crippen molar-refractivity contribution in [3.63, 3.8) is 0 Å².